The number of methoxy groups -OCH3 is 1. The molecular weight excluding hydrogens is 220 g/mol. The second-order valence-electron chi connectivity index (χ2n) is 3.48. The van der Waals surface area contributed by atoms with Crippen LogP contribution in [0.1, 0.15) is 5.56 Å². The van der Waals surface area contributed by atoms with Gasteiger partial charge in [0.2, 0.25) is 5.88 Å². The average Bonchev–Trinajstić information content (AvgIpc) is 2.68. The van der Waals surface area contributed by atoms with Gasteiger partial charge in [-0.05, 0) is 0 Å². The van der Waals surface area contributed by atoms with Gasteiger partial charge >= 0.3 is 0 Å². The summed E-state index contributed by atoms with van der Waals surface area (Å²) in [5.74, 6) is 1.83. The van der Waals surface area contributed by atoms with Crippen molar-refractivity contribution in [3.8, 4) is 5.88 Å². The standard InChI is InChI=1S/C10H14N6O/c1-16-10(11)7(5-15-16)4-12-8-3-9(17-2)14-6-13-8/h3,5-6H,4,11H2,1-2H3,(H,12,13,14). The van der Waals surface area contributed by atoms with E-state index in [0.29, 0.717) is 24.1 Å². The lowest BCUT2D eigenvalue weighted by molar-refractivity contribution is 0.397. The first-order valence-corrected chi connectivity index (χ1v) is 5.07. The Morgan fingerprint density at radius 1 is 1.47 bits per heavy atom. The van der Waals surface area contributed by atoms with Crippen LogP contribution in [0.3, 0.4) is 0 Å². The van der Waals surface area contributed by atoms with Crippen LogP contribution in [-0.4, -0.2) is 26.9 Å². The molecule has 7 nitrogen and oxygen atoms in total. The van der Waals surface area contributed by atoms with Gasteiger partial charge in [-0.2, -0.15) is 5.10 Å². The van der Waals surface area contributed by atoms with E-state index in [0.717, 1.165) is 5.56 Å². The van der Waals surface area contributed by atoms with Gasteiger partial charge in [0.1, 0.15) is 18.0 Å². The van der Waals surface area contributed by atoms with Crippen LogP contribution < -0.4 is 15.8 Å². The van der Waals surface area contributed by atoms with E-state index in [1.807, 2.05) is 0 Å². The largest absolute Gasteiger partial charge is 0.481 e. The molecule has 2 aromatic rings. The normalized spacial score (nSPS) is 10.2. The van der Waals surface area contributed by atoms with Gasteiger partial charge in [0.25, 0.3) is 0 Å². The Hall–Kier alpha value is -2.31. The monoisotopic (exact) mass is 234 g/mol. The number of nitrogen functional groups attached to an aromatic ring is 1. The van der Waals surface area contributed by atoms with E-state index in [4.69, 9.17) is 10.5 Å². The zero-order chi connectivity index (χ0) is 12.3. The molecule has 0 saturated heterocycles. The summed E-state index contributed by atoms with van der Waals surface area (Å²) in [6.45, 7) is 0.555. The second-order valence-corrected chi connectivity index (χ2v) is 3.48. The molecule has 2 rings (SSSR count). The Bertz CT molecular complexity index is 509. The van der Waals surface area contributed by atoms with Crippen LogP contribution in [0.4, 0.5) is 11.6 Å². The fourth-order valence-corrected chi connectivity index (χ4v) is 1.36. The van der Waals surface area contributed by atoms with Crippen LogP contribution in [0.2, 0.25) is 0 Å². The van der Waals surface area contributed by atoms with Crippen molar-refractivity contribution in [2.45, 2.75) is 6.54 Å². The number of aryl methyl sites for hydroxylation is 1. The van der Waals surface area contributed by atoms with E-state index in [2.05, 4.69) is 20.4 Å². The number of anilines is 2. The third kappa shape index (κ3) is 2.44. The zero-order valence-corrected chi connectivity index (χ0v) is 9.71. The summed E-state index contributed by atoms with van der Waals surface area (Å²) in [6, 6.07) is 1.71. The van der Waals surface area contributed by atoms with E-state index >= 15 is 0 Å². The third-order valence-electron chi connectivity index (χ3n) is 2.38. The van der Waals surface area contributed by atoms with Crippen molar-refractivity contribution in [1.82, 2.24) is 19.7 Å². The Balaban J connectivity index is 2.04. The Kier molecular flexibility index (Phi) is 3.08. The van der Waals surface area contributed by atoms with E-state index in [9.17, 15) is 0 Å². The smallest absolute Gasteiger partial charge is 0.218 e. The third-order valence-corrected chi connectivity index (χ3v) is 2.38. The van der Waals surface area contributed by atoms with Crippen LogP contribution in [0.15, 0.2) is 18.6 Å². The fraction of sp³-hybridized carbons (Fsp3) is 0.300. The van der Waals surface area contributed by atoms with E-state index < -0.39 is 0 Å². The number of nitrogens with one attached hydrogen (secondary N) is 1. The second kappa shape index (κ2) is 4.69. The molecule has 0 spiro atoms. The molecule has 7 heteroatoms. The maximum atomic E-state index is 5.83. The number of hydrogen-bond donors (Lipinski definition) is 2. The van der Waals surface area contributed by atoms with Crippen molar-refractivity contribution in [2.24, 2.45) is 7.05 Å². The molecule has 0 unspecified atom stereocenters. The lowest BCUT2D eigenvalue weighted by atomic mass is 10.3. The molecule has 0 fully saturated rings. The van der Waals surface area contributed by atoms with Gasteiger partial charge in [0, 0.05) is 25.2 Å². The number of ether oxygens (including phenoxy) is 1. The van der Waals surface area contributed by atoms with Crippen LogP contribution in [0, 0.1) is 0 Å². The average molecular weight is 234 g/mol. The molecular formula is C10H14N6O. The van der Waals surface area contributed by atoms with Gasteiger partial charge in [-0.3, -0.25) is 4.68 Å². The molecule has 2 heterocycles. The lowest BCUT2D eigenvalue weighted by Crippen LogP contribution is -2.05. The highest BCUT2D eigenvalue weighted by molar-refractivity contribution is 5.43. The molecule has 0 atom stereocenters. The minimum absolute atomic E-state index is 0.515. The van der Waals surface area contributed by atoms with Gasteiger partial charge in [-0.15, -0.1) is 0 Å². The van der Waals surface area contributed by atoms with Gasteiger partial charge in [0.05, 0.1) is 13.3 Å². The van der Waals surface area contributed by atoms with Crippen molar-refractivity contribution in [3.05, 3.63) is 24.2 Å². The molecule has 0 amide bonds. The Morgan fingerprint density at radius 2 is 2.29 bits per heavy atom. The van der Waals surface area contributed by atoms with Crippen LogP contribution in [0.5, 0.6) is 5.88 Å². The van der Waals surface area contributed by atoms with E-state index in [1.54, 1.807) is 31.1 Å². The summed E-state index contributed by atoms with van der Waals surface area (Å²) >= 11 is 0. The first-order chi connectivity index (χ1) is 8.20. The van der Waals surface area contributed by atoms with E-state index in [-0.39, 0.29) is 0 Å². The predicted molar refractivity (Wildman–Crippen MR) is 63.5 cm³/mol. The van der Waals surface area contributed by atoms with Gasteiger partial charge in [-0.25, -0.2) is 9.97 Å². The molecule has 0 radical (unpaired) electrons. The molecule has 3 N–H and O–H groups in total. The zero-order valence-electron chi connectivity index (χ0n) is 9.71. The SMILES string of the molecule is COc1cc(NCc2cnn(C)c2N)ncn1. The number of aromatic nitrogens is 4. The topological polar surface area (TPSA) is 90.9 Å². The van der Waals surface area contributed by atoms with Crippen molar-refractivity contribution in [1.29, 1.82) is 0 Å². The molecule has 17 heavy (non-hydrogen) atoms. The van der Waals surface area contributed by atoms with Crippen molar-refractivity contribution in [2.75, 3.05) is 18.2 Å². The van der Waals surface area contributed by atoms with Crippen molar-refractivity contribution in [3.63, 3.8) is 0 Å². The quantitative estimate of drug-likeness (QED) is 0.796. The highest BCUT2D eigenvalue weighted by atomic mass is 16.5. The molecule has 0 aromatic carbocycles. The molecule has 2 aromatic heterocycles. The number of rotatable bonds is 4. The minimum atomic E-state index is 0.515. The summed E-state index contributed by atoms with van der Waals surface area (Å²) in [6.07, 6.45) is 3.16. The molecule has 0 bridgehead atoms. The summed E-state index contributed by atoms with van der Waals surface area (Å²) in [7, 11) is 3.36. The number of nitrogens with zero attached hydrogens (tertiary/aromatic N) is 4. The first kappa shape index (κ1) is 11.2. The predicted octanol–water partition coefficient (Wildman–Crippen LogP) is 0.413. The summed E-state index contributed by atoms with van der Waals surface area (Å²) in [5.41, 5.74) is 6.75. The van der Waals surface area contributed by atoms with Gasteiger partial charge < -0.3 is 15.8 Å². The molecule has 0 saturated carbocycles. The van der Waals surface area contributed by atoms with Crippen LogP contribution >= 0.6 is 0 Å². The summed E-state index contributed by atoms with van der Waals surface area (Å²) < 4.78 is 6.63. The van der Waals surface area contributed by atoms with Crippen LogP contribution in [-0.2, 0) is 13.6 Å². The Morgan fingerprint density at radius 3 is 2.94 bits per heavy atom. The van der Waals surface area contributed by atoms with Crippen molar-refractivity contribution < 1.29 is 4.74 Å². The van der Waals surface area contributed by atoms with E-state index in [1.165, 1.54) is 6.33 Å². The fourth-order valence-electron chi connectivity index (χ4n) is 1.36. The number of hydrogen-bond acceptors (Lipinski definition) is 6. The Labute approximate surface area is 98.6 Å². The maximum absolute atomic E-state index is 5.83. The number of nitrogens with two attached hydrogens (primary N) is 1. The van der Waals surface area contributed by atoms with Gasteiger partial charge in [-0.1, -0.05) is 0 Å². The highest BCUT2D eigenvalue weighted by Crippen LogP contribution is 2.14. The highest BCUT2D eigenvalue weighted by Gasteiger charge is 2.05. The maximum Gasteiger partial charge on any atom is 0.218 e. The molecule has 0 aliphatic heterocycles. The molecule has 0 aliphatic carbocycles. The summed E-state index contributed by atoms with van der Waals surface area (Å²) in [5, 5.41) is 7.18. The lowest BCUT2D eigenvalue weighted by Gasteiger charge is -2.05. The molecule has 0 aliphatic rings. The van der Waals surface area contributed by atoms with Gasteiger partial charge in [0.15, 0.2) is 0 Å². The summed E-state index contributed by atoms with van der Waals surface area (Å²) in [4.78, 5) is 7.99. The van der Waals surface area contributed by atoms with Crippen molar-refractivity contribution >= 4 is 11.6 Å². The minimum Gasteiger partial charge on any atom is -0.481 e. The first-order valence-electron chi connectivity index (χ1n) is 5.07. The van der Waals surface area contributed by atoms with Crippen LogP contribution in [0.25, 0.3) is 0 Å². The molecule has 90 valence electrons.